The van der Waals surface area contributed by atoms with E-state index in [1.807, 2.05) is 5.32 Å². The number of guanidine groups is 1. The summed E-state index contributed by atoms with van der Waals surface area (Å²) in [6, 6.07) is 4.38. The van der Waals surface area contributed by atoms with Gasteiger partial charge in [-0.1, -0.05) is 6.07 Å². The molecule has 0 aliphatic heterocycles. The zero-order chi connectivity index (χ0) is 19.7. The van der Waals surface area contributed by atoms with Crippen molar-refractivity contribution >= 4 is 32.9 Å². The molecule has 0 unspecified atom stereocenters. The van der Waals surface area contributed by atoms with E-state index in [-0.39, 0.29) is 29.6 Å². The molecule has 0 saturated carbocycles. The highest BCUT2D eigenvalue weighted by molar-refractivity contribution is 7.85. The van der Waals surface area contributed by atoms with Gasteiger partial charge in [-0.05, 0) is 24.6 Å². The molecule has 0 saturated heterocycles. The summed E-state index contributed by atoms with van der Waals surface area (Å²) >= 11 is 0. The normalized spacial score (nSPS) is 12.3. The van der Waals surface area contributed by atoms with Crippen molar-refractivity contribution in [1.82, 2.24) is 9.88 Å². The number of hydrogen-bond donors (Lipinski definition) is 4. The number of alkyl halides is 3. The molecule has 2 rings (SSSR count). The number of carbonyl (C=O) groups excluding carboxylic acids is 1. The van der Waals surface area contributed by atoms with Crippen LogP contribution < -0.4 is 11.1 Å². The van der Waals surface area contributed by atoms with Gasteiger partial charge in [0.05, 0.1) is 11.3 Å². The van der Waals surface area contributed by atoms with Gasteiger partial charge in [-0.2, -0.15) is 21.6 Å². The Labute approximate surface area is 146 Å². The number of hydrogen-bond acceptors (Lipinski definition) is 4. The van der Waals surface area contributed by atoms with Gasteiger partial charge in [0.2, 0.25) is 0 Å². The van der Waals surface area contributed by atoms with E-state index < -0.39 is 39.5 Å². The molecule has 1 heterocycles. The van der Waals surface area contributed by atoms with E-state index in [4.69, 9.17) is 15.7 Å². The number of nitrogens with one attached hydrogen (secondary N) is 2. The Morgan fingerprint density at radius 2 is 2.00 bits per heavy atom. The molecule has 5 N–H and O–H groups in total. The summed E-state index contributed by atoms with van der Waals surface area (Å²) in [5.41, 5.74) is 3.96. The van der Waals surface area contributed by atoms with Crippen molar-refractivity contribution in [3.8, 4) is 0 Å². The van der Waals surface area contributed by atoms with Gasteiger partial charge in [0.1, 0.15) is 5.69 Å². The Bertz CT molecular complexity index is 966. The summed E-state index contributed by atoms with van der Waals surface area (Å²) in [6.07, 6.45) is -4.80. The van der Waals surface area contributed by atoms with Gasteiger partial charge in [-0.15, -0.1) is 0 Å². The topological polar surface area (TPSA) is 138 Å². The molecule has 0 aliphatic carbocycles. The summed E-state index contributed by atoms with van der Waals surface area (Å²) in [4.78, 5) is 12.2. The van der Waals surface area contributed by atoms with Crippen LogP contribution in [0.25, 0.3) is 10.9 Å². The van der Waals surface area contributed by atoms with Crippen molar-refractivity contribution in [3.05, 3.63) is 35.5 Å². The zero-order valence-corrected chi connectivity index (χ0v) is 14.0. The molecule has 0 atom stereocenters. The highest BCUT2D eigenvalue weighted by atomic mass is 32.2. The second-order valence-electron chi connectivity index (χ2n) is 5.42. The average Bonchev–Trinajstić information content (AvgIpc) is 2.83. The van der Waals surface area contributed by atoms with E-state index in [0.717, 1.165) is 18.2 Å². The van der Waals surface area contributed by atoms with Crippen LogP contribution in [0.4, 0.5) is 13.2 Å². The van der Waals surface area contributed by atoms with Gasteiger partial charge in [-0.3, -0.25) is 20.1 Å². The average molecular weight is 392 g/mol. The number of aryl methyl sites for hydroxylation is 1. The molecule has 0 fully saturated rings. The number of rotatable bonds is 5. The largest absolute Gasteiger partial charge is 0.417 e. The van der Waals surface area contributed by atoms with Gasteiger partial charge in [0.25, 0.3) is 16.0 Å². The molecule has 142 valence electrons. The Kier molecular flexibility index (Phi) is 5.28. The number of nitrogens with zero attached hydrogens (tertiary/aromatic N) is 1. The molecule has 0 spiro atoms. The minimum atomic E-state index is -4.66. The molecule has 2 aromatic rings. The molecule has 1 aromatic carbocycles. The van der Waals surface area contributed by atoms with Gasteiger partial charge >= 0.3 is 6.18 Å². The monoisotopic (exact) mass is 392 g/mol. The highest BCUT2D eigenvalue weighted by Crippen LogP contribution is 2.36. The van der Waals surface area contributed by atoms with Crippen LogP contribution in [0.5, 0.6) is 0 Å². The molecular weight excluding hydrogens is 377 g/mol. The fourth-order valence-electron chi connectivity index (χ4n) is 2.55. The summed E-state index contributed by atoms with van der Waals surface area (Å²) in [6.45, 7) is -0.148. The Morgan fingerprint density at radius 3 is 2.54 bits per heavy atom. The van der Waals surface area contributed by atoms with Crippen LogP contribution in [-0.2, 0) is 22.8 Å². The van der Waals surface area contributed by atoms with Gasteiger partial charge in [0.15, 0.2) is 5.96 Å². The van der Waals surface area contributed by atoms with Crippen LogP contribution in [0.15, 0.2) is 24.3 Å². The lowest BCUT2D eigenvalue weighted by molar-refractivity contribution is -0.136. The molecule has 1 amide bonds. The lowest BCUT2D eigenvalue weighted by atomic mass is 10.1. The first-order valence-electron chi connectivity index (χ1n) is 7.20. The maximum atomic E-state index is 13.2. The Balaban J connectivity index is 2.57. The van der Waals surface area contributed by atoms with Crippen LogP contribution >= 0.6 is 0 Å². The first-order valence-corrected chi connectivity index (χ1v) is 8.81. The van der Waals surface area contributed by atoms with Gasteiger partial charge < -0.3 is 10.3 Å². The summed E-state index contributed by atoms with van der Waals surface area (Å²) in [5, 5.41) is 8.81. The quantitative estimate of drug-likeness (QED) is 0.348. The van der Waals surface area contributed by atoms with Crippen molar-refractivity contribution in [2.24, 2.45) is 5.73 Å². The molecule has 12 heteroatoms. The minimum absolute atomic E-state index is 0.0591. The molecule has 0 bridgehead atoms. The van der Waals surface area contributed by atoms with E-state index in [2.05, 4.69) is 0 Å². The predicted octanol–water partition coefficient (Wildman–Crippen LogP) is 1.56. The third-order valence-electron chi connectivity index (χ3n) is 3.52. The van der Waals surface area contributed by atoms with Crippen LogP contribution in [0.1, 0.15) is 22.5 Å². The summed E-state index contributed by atoms with van der Waals surface area (Å²) in [5.74, 6) is -2.23. The van der Waals surface area contributed by atoms with Crippen molar-refractivity contribution in [2.45, 2.75) is 19.1 Å². The predicted molar refractivity (Wildman–Crippen MR) is 87.4 cm³/mol. The lowest BCUT2D eigenvalue weighted by Crippen LogP contribution is -2.36. The van der Waals surface area contributed by atoms with Gasteiger partial charge in [-0.25, -0.2) is 0 Å². The molecular formula is C14H15F3N4O4S. The van der Waals surface area contributed by atoms with E-state index in [1.54, 1.807) is 0 Å². The Hall–Kier alpha value is -2.60. The third-order valence-corrected chi connectivity index (χ3v) is 4.32. The number of benzene rings is 1. The molecule has 8 nitrogen and oxygen atoms in total. The summed E-state index contributed by atoms with van der Waals surface area (Å²) < 4.78 is 71.3. The fourth-order valence-corrected chi connectivity index (χ4v) is 3.05. The van der Waals surface area contributed by atoms with Crippen LogP contribution in [0.2, 0.25) is 0 Å². The zero-order valence-electron chi connectivity index (χ0n) is 13.2. The molecule has 0 radical (unpaired) electrons. The van der Waals surface area contributed by atoms with E-state index in [1.165, 1.54) is 10.6 Å². The fraction of sp³-hybridized carbons (Fsp3) is 0.286. The highest BCUT2D eigenvalue weighted by Gasteiger charge is 2.33. The van der Waals surface area contributed by atoms with Crippen molar-refractivity contribution in [1.29, 1.82) is 5.41 Å². The van der Waals surface area contributed by atoms with Crippen molar-refractivity contribution < 1.29 is 30.9 Å². The number of nitrogens with two attached hydrogens (primary N) is 1. The Morgan fingerprint density at radius 1 is 1.35 bits per heavy atom. The number of aromatic nitrogens is 1. The van der Waals surface area contributed by atoms with E-state index >= 15 is 0 Å². The molecule has 26 heavy (non-hydrogen) atoms. The maximum absolute atomic E-state index is 13.2. The molecule has 0 aliphatic rings. The summed E-state index contributed by atoms with van der Waals surface area (Å²) in [7, 11) is -4.26. The van der Waals surface area contributed by atoms with Crippen LogP contribution in [-0.4, -0.2) is 35.2 Å². The number of fused-ring (bicyclic) bond motifs is 1. The number of halogens is 3. The number of amides is 1. The SMILES string of the molecule is N=C(N)NC(=O)c1cc2c(C(F)(F)F)cccc2n1CCCS(=O)(=O)O. The van der Waals surface area contributed by atoms with Gasteiger partial charge in [0, 0.05) is 17.4 Å². The number of carbonyl (C=O) groups is 1. The van der Waals surface area contributed by atoms with Crippen molar-refractivity contribution in [2.75, 3.05) is 5.75 Å². The van der Waals surface area contributed by atoms with Crippen LogP contribution in [0, 0.1) is 5.41 Å². The first kappa shape index (κ1) is 19.7. The third kappa shape index (κ3) is 4.52. The minimum Gasteiger partial charge on any atom is -0.370 e. The standard InChI is InChI=1S/C14H15F3N4O4S/c15-14(16,17)9-3-1-4-10-8(9)7-11(12(22)20-13(18)19)21(10)5-2-6-26(23,24)25/h1,3-4,7H,2,5-6H2,(H,23,24,25)(H4,18,19,20,22). The second kappa shape index (κ2) is 6.96. The lowest BCUT2D eigenvalue weighted by Gasteiger charge is -2.11. The maximum Gasteiger partial charge on any atom is 0.417 e. The second-order valence-corrected chi connectivity index (χ2v) is 7.00. The van der Waals surface area contributed by atoms with Crippen molar-refractivity contribution in [3.63, 3.8) is 0 Å². The van der Waals surface area contributed by atoms with E-state index in [0.29, 0.717) is 0 Å². The molecule has 1 aromatic heterocycles. The van der Waals surface area contributed by atoms with Crippen LogP contribution in [0.3, 0.4) is 0 Å². The van der Waals surface area contributed by atoms with E-state index in [9.17, 15) is 26.4 Å². The first-order chi connectivity index (χ1) is 11.9. The smallest absolute Gasteiger partial charge is 0.370 e.